The molecule has 0 radical (unpaired) electrons. The number of aromatic nitrogens is 2. The molecular formula is C12H15N5O2S2. The van der Waals surface area contributed by atoms with Crippen LogP contribution in [0.15, 0.2) is 16.5 Å². The van der Waals surface area contributed by atoms with E-state index in [0.29, 0.717) is 5.13 Å². The zero-order valence-corrected chi connectivity index (χ0v) is 13.0. The van der Waals surface area contributed by atoms with Gasteiger partial charge in [0.1, 0.15) is 11.6 Å². The average molecular weight is 325 g/mol. The maximum atomic E-state index is 11.5. The van der Waals surface area contributed by atoms with Gasteiger partial charge in [0.25, 0.3) is 5.91 Å². The number of carbonyl (C=O) groups excluding carboxylic acids is 1. The van der Waals surface area contributed by atoms with Gasteiger partial charge in [-0.1, -0.05) is 29.7 Å². The Balaban J connectivity index is 1.74. The highest BCUT2D eigenvalue weighted by atomic mass is 32.2. The predicted molar refractivity (Wildman–Crippen MR) is 81.3 cm³/mol. The van der Waals surface area contributed by atoms with Crippen LogP contribution in [-0.4, -0.2) is 59.6 Å². The summed E-state index contributed by atoms with van der Waals surface area (Å²) in [6, 6.07) is 1.69. The largest absolute Gasteiger partial charge is 0.379 e. The minimum atomic E-state index is -0.543. The summed E-state index contributed by atoms with van der Waals surface area (Å²) in [5, 5.41) is 19.3. The Kier molecular flexibility index (Phi) is 6.13. The van der Waals surface area contributed by atoms with E-state index in [1.807, 2.05) is 0 Å². The molecule has 2 heterocycles. The summed E-state index contributed by atoms with van der Waals surface area (Å²) in [6.45, 7) is 7.83. The minimum absolute atomic E-state index is 0.147. The molecular weight excluding hydrogens is 310 g/mol. The fourth-order valence-electron chi connectivity index (χ4n) is 1.63. The van der Waals surface area contributed by atoms with Crippen molar-refractivity contribution in [3.05, 3.63) is 12.2 Å². The molecule has 0 aromatic carbocycles. The van der Waals surface area contributed by atoms with Crippen molar-refractivity contribution in [2.75, 3.05) is 43.9 Å². The van der Waals surface area contributed by atoms with Gasteiger partial charge in [-0.05, 0) is 0 Å². The van der Waals surface area contributed by atoms with Crippen molar-refractivity contribution in [3.8, 4) is 6.07 Å². The highest BCUT2D eigenvalue weighted by molar-refractivity contribution is 8.01. The smallest absolute Gasteiger partial charge is 0.267 e. The molecule has 0 spiro atoms. The summed E-state index contributed by atoms with van der Waals surface area (Å²) in [5.41, 5.74) is -0.147. The molecule has 112 valence electrons. The Bertz CT molecular complexity index is 548. The van der Waals surface area contributed by atoms with Gasteiger partial charge in [-0.25, -0.2) is 0 Å². The number of thioether (sulfide) groups is 1. The number of nitrogens with zero attached hydrogens (tertiary/aromatic N) is 4. The van der Waals surface area contributed by atoms with Gasteiger partial charge >= 0.3 is 0 Å². The monoisotopic (exact) mass is 325 g/mol. The molecule has 0 aliphatic carbocycles. The van der Waals surface area contributed by atoms with E-state index in [2.05, 4.69) is 27.0 Å². The lowest BCUT2D eigenvalue weighted by atomic mass is 10.3. The zero-order chi connectivity index (χ0) is 15.1. The number of ether oxygens (including phenoxy) is 1. The van der Waals surface area contributed by atoms with Crippen LogP contribution in [0.3, 0.4) is 0 Å². The molecule has 7 nitrogen and oxygen atoms in total. The van der Waals surface area contributed by atoms with Crippen LogP contribution in [0.2, 0.25) is 0 Å². The molecule has 0 saturated carbocycles. The van der Waals surface area contributed by atoms with E-state index in [1.165, 1.54) is 11.3 Å². The molecule has 1 amide bonds. The first-order valence-electron chi connectivity index (χ1n) is 6.36. The summed E-state index contributed by atoms with van der Waals surface area (Å²) < 4.78 is 6.09. The van der Waals surface area contributed by atoms with Crippen molar-refractivity contribution in [1.82, 2.24) is 15.1 Å². The summed E-state index contributed by atoms with van der Waals surface area (Å²) in [6.07, 6.45) is 0. The van der Waals surface area contributed by atoms with Gasteiger partial charge in [0.05, 0.1) is 13.2 Å². The first-order valence-corrected chi connectivity index (χ1v) is 8.16. The zero-order valence-electron chi connectivity index (χ0n) is 11.4. The van der Waals surface area contributed by atoms with Gasteiger partial charge in [-0.2, -0.15) is 5.26 Å². The summed E-state index contributed by atoms with van der Waals surface area (Å²) in [5.74, 6) is 0.367. The summed E-state index contributed by atoms with van der Waals surface area (Å²) in [7, 11) is 0. The third-order valence-electron chi connectivity index (χ3n) is 2.77. The van der Waals surface area contributed by atoms with Crippen LogP contribution < -0.4 is 5.32 Å². The molecule has 1 aliphatic heterocycles. The molecule has 2 rings (SSSR count). The second-order valence-electron chi connectivity index (χ2n) is 4.22. The van der Waals surface area contributed by atoms with Crippen LogP contribution in [0.5, 0.6) is 0 Å². The van der Waals surface area contributed by atoms with Crippen LogP contribution >= 0.6 is 23.1 Å². The fourth-order valence-corrected chi connectivity index (χ4v) is 3.45. The minimum Gasteiger partial charge on any atom is -0.379 e. The topological polar surface area (TPSA) is 91.1 Å². The molecule has 0 bridgehead atoms. The second-order valence-corrected chi connectivity index (χ2v) is 6.54. The van der Waals surface area contributed by atoms with E-state index in [4.69, 9.17) is 10.00 Å². The maximum Gasteiger partial charge on any atom is 0.267 e. The second kappa shape index (κ2) is 8.09. The molecule has 1 fully saturated rings. The number of amides is 1. The molecule has 1 aliphatic rings. The molecule has 1 N–H and O–H groups in total. The lowest BCUT2D eigenvalue weighted by Gasteiger charge is -2.25. The third-order valence-corrected chi connectivity index (χ3v) is 4.72. The van der Waals surface area contributed by atoms with E-state index in [0.717, 1.165) is 42.9 Å². The SMILES string of the molecule is C=C(C#N)C(=O)Nc1nnc(SCCN2CCOCC2)s1. The van der Waals surface area contributed by atoms with Crippen molar-refractivity contribution in [2.45, 2.75) is 4.34 Å². The fraction of sp³-hybridized carbons (Fsp3) is 0.500. The van der Waals surface area contributed by atoms with Crippen LogP contribution in [0.1, 0.15) is 0 Å². The van der Waals surface area contributed by atoms with Crippen molar-refractivity contribution in [1.29, 1.82) is 5.26 Å². The standard InChI is InChI=1S/C12H15N5O2S2/c1-9(8-13)10(18)14-11-15-16-12(21-11)20-7-4-17-2-5-19-6-3-17/h1-7H2,(H,14,15,18). The Morgan fingerprint density at radius 1 is 1.52 bits per heavy atom. The number of morpholine rings is 1. The van der Waals surface area contributed by atoms with E-state index in [9.17, 15) is 4.79 Å². The van der Waals surface area contributed by atoms with Gasteiger partial charge in [0, 0.05) is 25.4 Å². The van der Waals surface area contributed by atoms with Crippen LogP contribution in [-0.2, 0) is 9.53 Å². The molecule has 1 saturated heterocycles. The number of anilines is 1. The predicted octanol–water partition coefficient (Wildman–Crippen LogP) is 0.981. The third kappa shape index (κ3) is 5.09. The molecule has 0 unspecified atom stereocenters. The lowest BCUT2D eigenvalue weighted by Crippen LogP contribution is -2.37. The average Bonchev–Trinajstić information content (AvgIpc) is 2.95. The van der Waals surface area contributed by atoms with Gasteiger partial charge in [0.15, 0.2) is 4.34 Å². The lowest BCUT2D eigenvalue weighted by molar-refractivity contribution is -0.112. The number of rotatable bonds is 6. The molecule has 0 atom stereocenters. The quantitative estimate of drug-likeness (QED) is 0.361. The normalized spacial score (nSPS) is 15.4. The Morgan fingerprint density at radius 3 is 3.00 bits per heavy atom. The molecule has 21 heavy (non-hydrogen) atoms. The van der Waals surface area contributed by atoms with Crippen LogP contribution in [0.4, 0.5) is 5.13 Å². The highest BCUT2D eigenvalue weighted by Crippen LogP contribution is 2.25. The Morgan fingerprint density at radius 2 is 2.29 bits per heavy atom. The van der Waals surface area contributed by atoms with E-state index in [-0.39, 0.29) is 5.57 Å². The van der Waals surface area contributed by atoms with Gasteiger partial charge in [0.2, 0.25) is 5.13 Å². The van der Waals surface area contributed by atoms with Crippen molar-refractivity contribution < 1.29 is 9.53 Å². The molecule has 9 heteroatoms. The maximum absolute atomic E-state index is 11.5. The number of nitrogens with one attached hydrogen (secondary N) is 1. The van der Waals surface area contributed by atoms with E-state index in [1.54, 1.807) is 17.8 Å². The Hall–Kier alpha value is -1.47. The van der Waals surface area contributed by atoms with Crippen LogP contribution in [0.25, 0.3) is 0 Å². The first-order chi connectivity index (χ1) is 10.2. The number of hydrogen-bond acceptors (Lipinski definition) is 8. The number of carbonyl (C=O) groups is 1. The molecule has 1 aromatic rings. The highest BCUT2D eigenvalue weighted by Gasteiger charge is 2.12. The van der Waals surface area contributed by atoms with Gasteiger partial charge in [-0.3, -0.25) is 15.0 Å². The summed E-state index contributed by atoms with van der Waals surface area (Å²) >= 11 is 2.89. The van der Waals surface area contributed by atoms with Crippen molar-refractivity contribution in [3.63, 3.8) is 0 Å². The Labute approximate surface area is 131 Å². The van der Waals surface area contributed by atoms with Crippen molar-refractivity contribution >= 4 is 34.1 Å². The van der Waals surface area contributed by atoms with E-state index >= 15 is 0 Å². The molecule has 1 aromatic heterocycles. The van der Waals surface area contributed by atoms with Gasteiger partial charge in [-0.15, -0.1) is 10.2 Å². The van der Waals surface area contributed by atoms with Crippen LogP contribution in [0, 0.1) is 11.3 Å². The first kappa shape index (κ1) is 15.9. The van der Waals surface area contributed by atoms with E-state index < -0.39 is 5.91 Å². The number of hydrogen-bond donors (Lipinski definition) is 1. The summed E-state index contributed by atoms with van der Waals surface area (Å²) in [4.78, 5) is 13.8. The van der Waals surface area contributed by atoms with Crippen molar-refractivity contribution in [2.24, 2.45) is 0 Å². The number of nitriles is 1. The van der Waals surface area contributed by atoms with Gasteiger partial charge < -0.3 is 4.74 Å².